The van der Waals surface area contributed by atoms with Crippen LogP contribution in [0.15, 0.2) is 6.07 Å². The van der Waals surface area contributed by atoms with Gasteiger partial charge in [0, 0.05) is 6.07 Å². The van der Waals surface area contributed by atoms with E-state index in [4.69, 9.17) is 5.73 Å². The van der Waals surface area contributed by atoms with E-state index in [0.717, 1.165) is 25.7 Å². The largest absolute Gasteiger partial charge is 0.394 e. The van der Waals surface area contributed by atoms with Gasteiger partial charge in [-0.1, -0.05) is 19.8 Å². The lowest BCUT2D eigenvalue weighted by Gasteiger charge is -2.39. The lowest BCUT2D eigenvalue weighted by molar-refractivity contribution is 0.149. The third-order valence-electron chi connectivity index (χ3n) is 3.73. The summed E-state index contributed by atoms with van der Waals surface area (Å²) in [5.74, 6) is -1.67. The van der Waals surface area contributed by atoms with Crippen LogP contribution < -0.4 is 11.1 Å². The summed E-state index contributed by atoms with van der Waals surface area (Å²) in [4.78, 5) is 3.69. The third kappa shape index (κ3) is 2.94. The van der Waals surface area contributed by atoms with Crippen LogP contribution >= 0.6 is 0 Å². The van der Waals surface area contributed by atoms with Crippen LogP contribution in [0, 0.1) is 17.6 Å². The van der Waals surface area contributed by atoms with Gasteiger partial charge in [-0.05, 0) is 18.8 Å². The lowest BCUT2D eigenvalue weighted by Crippen LogP contribution is -2.46. The summed E-state index contributed by atoms with van der Waals surface area (Å²) in [6.07, 6.45) is 3.49. The van der Waals surface area contributed by atoms with Crippen LogP contribution in [0.4, 0.5) is 20.4 Å². The van der Waals surface area contributed by atoms with Gasteiger partial charge >= 0.3 is 0 Å². The Morgan fingerprint density at radius 2 is 2.26 bits per heavy atom. The Kier molecular flexibility index (Phi) is 3.89. The number of aliphatic hydroxyl groups is 1. The van der Waals surface area contributed by atoms with Crippen molar-refractivity contribution in [2.75, 3.05) is 17.7 Å². The molecule has 1 aliphatic carbocycles. The number of nitrogens with two attached hydrogens (primary N) is 1. The number of nitrogen functional groups attached to an aromatic ring is 1. The van der Waals surface area contributed by atoms with E-state index >= 15 is 0 Å². The van der Waals surface area contributed by atoms with Gasteiger partial charge in [0.2, 0.25) is 0 Å². The first-order valence-corrected chi connectivity index (χ1v) is 6.46. The van der Waals surface area contributed by atoms with Crippen LogP contribution in [0.2, 0.25) is 0 Å². The molecule has 1 saturated carbocycles. The van der Waals surface area contributed by atoms with Crippen molar-refractivity contribution in [2.45, 2.75) is 38.1 Å². The third-order valence-corrected chi connectivity index (χ3v) is 3.73. The molecule has 2 atom stereocenters. The minimum absolute atomic E-state index is 0.0953. The SMILES string of the molecule is CC1CCCC(CO)(Nc2nc(N)c(F)cc2F)C1. The molecular formula is C13H19F2N3O. The molecule has 1 aromatic heterocycles. The minimum atomic E-state index is -0.877. The van der Waals surface area contributed by atoms with Gasteiger partial charge in [0.25, 0.3) is 0 Å². The number of hydrogen-bond donors (Lipinski definition) is 3. The Labute approximate surface area is 111 Å². The van der Waals surface area contributed by atoms with Crippen molar-refractivity contribution in [2.24, 2.45) is 5.92 Å². The van der Waals surface area contributed by atoms with Gasteiger partial charge in [-0.15, -0.1) is 0 Å². The number of aliphatic hydroxyl groups excluding tert-OH is 1. The molecule has 106 valence electrons. The number of nitrogens with zero attached hydrogens (tertiary/aromatic N) is 1. The maximum absolute atomic E-state index is 13.7. The van der Waals surface area contributed by atoms with Gasteiger partial charge in [-0.25, -0.2) is 13.8 Å². The van der Waals surface area contributed by atoms with E-state index in [1.807, 2.05) is 0 Å². The average Bonchev–Trinajstić information content (AvgIpc) is 2.36. The molecule has 1 heterocycles. The van der Waals surface area contributed by atoms with Gasteiger partial charge in [0.1, 0.15) is 0 Å². The fourth-order valence-corrected chi connectivity index (χ4v) is 2.78. The number of nitrogens with one attached hydrogen (secondary N) is 1. The summed E-state index contributed by atoms with van der Waals surface area (Å²) in [5, 5.41) is 12.5. The van der Waals surface area contributed by atoms with Crippen LogP contribution in [0.1, 0.15) is 32.6 Å². The predicted molar refractivity (Wildman–Crippen MR) is 69.6 cm³/mol. The number of anilines is 2. The van der Waals surface area contributed by atoms with E-state index in [1.165, 1.54) is 0 Å². The van der Waals surface area contributed by atoms with Gasteiger partial charge in [0.05, 0.1) is 12.1 Å². The fraction of sp³-hybridized carbons (Fsp3) is 0.615. The van der Waals surface area contributed by atoms with E-state index in [1.54, 1.807) is 0 Å². The zero-order chi connectivity index (χ0) is 14.0. The van der Waals surface area contributed by atoms with Crippen molar-refractivity contribution >= 4 is 11.6 Å². The van der Waals surface area contributed by atoms with Gasteiger partial charge < -0.3 is 16.2 Å². The molecule has 1 aromatic rings. The highest BCUT2D eigenvalue weighted by Crippen LogP contribution is 2.35. The van der Waals surface area contributed by atoms with Crippen molar-refractivity contribution in [3.63, 3.8) is 0 Å². The molecule has 0 spiro atoms. The second-order valence-corrected chi connectivity index (χ2v) is 5.45. The molecule has 0 amide bonds. The summed E-state index contributed by atoms with van der Waals surface area (Å²) >= 11 is 0. The second kappa shape index (κ2) is 5.28. The van der Waals surface area contributed by atoms with Crippen LogP contribution in [-0.4, -0.2) is 22.2 Å². The molecule has 6 heteroatoms. The Morgan fingerprint density at radius 3 is 2.89 bits per heavy atom. The first-order valence-electron chi connectivity index (χ1n) is 6.46. The highest BCUT2D eigenvalue weighted by Gasteiger charge is 2.35. The lowest BCUT2D eigenvalue weighted by atomic mass is 9.77. The van der Waals surface area contributed by atoms with E-state index < -0.39 is 17.2 Å². The van der Waals surface area contributed by atoms with E-state index in [-0.39, 0.29) is 18.2 Å². The van der Waals surface area contributed by atoms with E-state index in [2.05, 4.69) is 17.2 Å². The number of pyridine rings is 1. The highest BCUT2D eigenvalue weighted by molar-refractivity contribution is 5.46. The molecule has 0 saturated heterocycles. The van der Waals surface area contributed by atoms with Gasteiger partial charge in [-0.3, -0.25) is 0 Å². The van der Waals surface area contributed by atoms with E-state index in [9.17, 15) is 13.9 Å². The normalized spacial score (nSPS) is 27.3. The van der Waals surface area contributed by atoms with Crippen LogP contribution in [0.3, 0.4) is 0 Å². The van der Waals surface area contributed by atoms with Crippen molar-refractivity contribution in [3.05, 3.63) is 17.7 Å². The molecule has 4 nitrogen and oxygen atoms in total. The fourth-order valence-electron chi connectivity index (χ4n) is 2.78. The quantitative estimate of drug-likeness (QED) is 0.789. The van der Waals surface area contributed by atoms with Crippen LogP contribution in [-0.2, 0) is 0 Å². The van der Waals surface area contributed by atoms with Crippen LogP contribution in [0.5, 0.6) is 0 Å². The maximum Gasteiger partial charge on any atom is 0.168 e. The second-order valence-electron chi connectivity index (χ2n) is 5.45. The predicted octanol–water partition coefficient (Wildman–Crippen LogP) is 2.30. The molecule has 1 aliphatic rings. The minimum Gasteiger partial charge on any atom is -0.394 e. The number of halogens is 2. The summed E-state index contributed by atoms with van der Waals surface area (Å²) in [5.41, 5.74) is 4.75. The molecule has 2 unspecified atom stereocenters. The molecule has 0 bridgehead atoms. The average molecular weight is 271 g/mol. The molecule has 1 fully saturated rings. The van der Waals surface area contributed by atoms with Crippen molar-refractivity contribution in [1.82, 2.24) is 4.98 Å². The topological polar surface area (TPSA) is 71.2 Å². The van der Waals surface area contributed by atoms with Crippen LogP contribution in [0.25, 0.3) is 0 Å². The number of hydrogen-bond acceptors (Lipinski definition) is 4. The molecule has 0 radical (unpaired) electrons. The molecule has 2 rings (SSSR count). The monoisotopic (exact) mass is 271 g/mol. The Bertz CT molecular complexity index is 469. The molecule has 0 aromatic carbocycles. The maximum atomic E-state index is 13.7. The Morgan fingerprint density at radius 1 is 1.53 bits per heavy atom. The summed E-state index contributed by atoms with van der Waals surface area (Å²) in [6, 6.07) is 0.710. The molecule has 0 aliphatic heterocycles. The number of rotatable bonds is 3. The standard InChI is InChI=1S/C13H19F2N3O/c1-8-3-2-4-13(6-8,7-19)18-12-10(15)5-9(14)11(16)17-12/h5,8,19H,2-4,6-7H2,1H3,(H3,16,17,18). The summed E-state index contributed by atoms with van der Waals surface area (Å²) in [7, 11) is 0. The Balaban J connectivity index is 2.25. The first-order chi connectivity index (χ1) is 8.96. The summed E-state index contributed by atoms with van der Waals surface area (Å²) < 4.78 is 26.8. The van der Waals surface area contributed by atoms with E-state index in [0.29, 0.717) is 12.0 Å². The summed E-state index contributed by atoms with van der Waals surface area (Å²) in [6.45, 7) is 1.98. The smallest absolute Gasteiger partial charge is 0.168 e. The van der Waals surface area contributed by atoms with Gasteiger partial charge in [-0.2, -0.15) is 0 Å². The number of aromatic nitrogens is 1. The highest BCUT2D eigenvalue weighted by atomic mass is 19.1. The first kappa shape index (κ1) is 14.0. The van der Waals surface area contributed by atoms with Gasteiger partial charge in [0.15, 0.2) is 23.3 Å². The zero-order valence-corrected chi connectivity index (χ0v) is 10.9. The van der Waals surface area contributed by atoms with Crippen molar-refractivity contribution < 1.29 is 13.9 Å². The molecule has 4 N–H and O–H groups in total. The van der Waals surface area contributed by atoms with Crippen molar-refractivity contribution in [1.29, 1.82) is 0 Å². The van der Waals surface area contributed by atoms with Crippen molar-refractivity contribution in [3.8, 4) is 0 Å². The zero-order valence-electron chi connectivity index (χ0n) is 10.9. The molecule has 19 heavy (non-hydrogen) atoms. The molecular weight excluding hydrogens is 252 g/mol. The Hall–Kier alpha value is -1.43.